The Kier molecular flexibility index (Phi) is 7.36. The number of hydrogen-bond acceptors (Lipinski definition) is 5. The predicted molar refractivity (Wildman–Crippen MR) is 78.1 cm³/mol. The molecule has 0 radical (unpaired) electrons. The summed E-state index contributed by atoms with van der Waals surface area (Å²) in [6.45, 7) is 7.63. The van der Waals surface area contributed by atoms with E-state index < -0.39 is 0 Å². The standard InChI is InChI=1S/C15H25NO4/c1-5-19-15(20-6-2)10-16-11(3)13-8-7-12(18-4)9-14(13)17/h7-9,11,15-17H,5-6,10H2,1-4H3. The Balaban J connectivity index is 2.59. The molecule has 1 unspecified atom stereocenters. The molecular weight excluding hydrogens is 258 g/mol. The molecule has 0 aliphatic carbocycles. The van der Waals surface area contributed by atoms with Crippen LogP contribution in [-0.2, 0) is 9.47 Å². The quantitative estimate of drug-likeness (QED) is 0.682. The average molecular weight is 283 g/mol. The van der Waals surface area contributed by atoms with E-state index in [-0.39, 0.29) is 18.1 Å². The van der Waals surface area contributed by atoms with E-state index in [0.29, 0.717) is 25.5 Å². The van der Waals surface area contributed by atoms with Crippen molar-refractivity contribution in [3.05, 3.63) is 23.8 Å². The Hall–Kier alpha value is -1.30. The van der Waals surface area contributed by atoms with Gasteiger partial charge in [0, 0.05) is 37.4 Å². The van der Waals surface area contributed by atoms with Crippen molar-refractivity contribution in [1.29, 1.82) is 0 Å². The number of hydrogen-bond donors (Lipinski definition) is 2. The molecule has 2 N–H and O–H groups in total. The molecule has 20 heavy (non-hydrogen) atoms. The number of phenols is 1. The highest BCUT2D eigenvalue weighted by atomic mass is 16.7. The summed E-state index contributed by atoms with van der Waals surface area (Å²) >= 11 is 0. The average Bonchev–Trinajstić information content (AvgIpc) is 2.44. The smallest absolute Gasteiger partial charge is 0.169 e. The van der Waals surface area contributed by atoms with E-state index >= 15 is 0 Å². The SMILES string of the molecule is CCOC(CNC(C)c1ccc(OC)cc1O)OCC. The van der Waals surface area contributed by atoms with Crippen molar-refractivity contribution in [2.75, 3.05) is 26.9 Å². The molecule has 1 aromatic carbocycles. The van der Waals surface area contributed by atoms with E-state index in [0.717, 1.165) is 5.56 Å². The maximum atomic E-state index is 9.98. The Bertz CT molecular complexity index is 391. The molecule has 1 aromatic rings. The number of aromatic hydroxyl groups is 1. The highest BCUT2D eigenvalue weighted by Gasteiger charge is 2.14. The van der Waals surface area contributed by atoms with Crippen molar-refractivity contribution in [2.24, 2.45) is 0 Å². The lowest BCUT2D eigenvalue weighted by Gasteiger charge is -2.21. The summed E-state index contributed by atoms with van der Waals surface area (Å²) in [5.74, 6) is 0.855. The Morgan fingerprint density at radius 3 is 2.35 bits per heavy atom. The van der Waals surface area contributed by atoms with Crippen LogP contribution in [0.4, 0.5) is 0 Å². The van der Waals surface area contributed by atoms with Crippen LogP contribution in [0.15, 0.2) is 18.2 Å². The van der Waals surface area contributed by atoms with Gasteiger partial charge in [-0.3, -0.25) is 0 Å². The number of nitrogens with one attached hydrogen (secondary N) is 1. The molecule has 0 heterocycles. The van der Waals surface area contributed by atoms with Crippen LogP contribution in [-0.4, -0.2) is 38.3 Å². The summed E-state index contributed by atoms with van der Waals surface area (Å²) in [6.07, 6.45) is -0.271. The molecule has 0 aliphatic rings. The summed E-state index contributed by atoms with van der Waals surface area (Å²) in [5.41, 5.74) is 0.817. The summed E-state index contributed by atoms with van der Waals surface area (Å²) in [4.78, 5) is 0. The summed E-state index contributed by atoms with van der Waals surface area (Å²) < 4.78 is 16.0. The van der Waals surface area contributed by atoms with Crippen LogP contribution >= 0.6 is 0 Å². The molecule has 0 bridgehead atoms. The molecule has 0 aromatic heterocycles. The molecular formula is C15H25NO4. The van der Waals surface area contributed by atoms with Gasteiger partial charge in [0.2, 0.25) is 0 Å². The van der Waals surface area contributed by atoms with E-state index in [1.807, 2.05) is 32.9 Å². The van der Waals surface area contributed by atoms with Crippen molar-refractivity contribution in [3.63, 3.8) is 0 Å². The van der Waals surface area contributed by atoms with Crippen LogP contribution in [0.2, 0.25) is 0 Å². The highest BCUT2D eigenvalue weighted by molar-refractivity contribution is 5.41. The van der Waals surface area contributed by atoms with E-state index in [1.54, 1.807) is 13.2 Å². The molecule has 0 fully saturated rings. The van der Waals surface area contributed by atoms with Gasteiger partial charge in [-0.1, -0.05) is 6.07 Å². The maximum absolute atomic E-state index is 9.98. The second-order valence-corrected chi connectivity index (χ2v) is 4.39. The molecule has 5 heteroatoms. The normalized spacial score (nSPS) is 12.7. The highest BCUT2D eigenvalue weighted by Crippen LogP contribution is 2.28. The number of methoxy groups -OCH3 is 1. The van der Waals surface area contributed by atoms with Crippen molar-refractivity contribution < 1.29 is 19.3 Å². The summed E-state index contributed by atoms with van der Waals surface area (Å²) in [7, 11) is 1.57. The largest absolute Gasteiger partial charge is 0.507 e. The molecule has 1 rings (SSSR count). The van der Waals surface area contributed by atoms with Crippen molar-refractivity contribution >= 4 is 0 Å². The zero-order chi connectivity index (χ0) is 15.0. The van der Waals surface area contributed by atoms with E-state index in [4.69, 9.17) is 14.2 Å². The molecule has 5 nitrogen and oxygen atoms in total. The maximum Gasteiger partial charge on any atom is 0.169 e. The third kappa shape index (κ3) is 5.00. The van der Waals surface area contributed by atoms with Gasteiger partial charge in [0.05, 0.1) is 7.11 Å². The third-order valence-corrected chi connectivity index (χ3v) is 3.00. The van der Waals surface area contributed by atoms with Crippen LogP contribution in [0.1, 0.15) is 32.4 Å². The van der Waals surface area contributed by atoms with Gasteiger partial charge < -0.3 is 24.6 Å². The Morgan fingerprint density at radius 1 is 1.20 bits per heavy atom. The zero-order valence-electron chi connectivity index (χ0n) is 12.7. The van der Waals surface area contributed by atoms with Gasteiger partial charge >= 0.3 is 0 Å². The van der Waals surface area contributed by atoms with Gasteiger partial charge in [0.15, 0.2) is 6.29 Å². The van der Waals surface area contributed by atoms with Crippen molar-refractivity contribution in [3.8, 4) is 11.5 Å². The molecule has 0 saturated heterocycles. The second kappa shape index (κ2) is 8.79. The molecule has 1 atom stereocenters. The Morgan fingerprint density at radius 2 is 1.85 bits per heavy atom. The van der Waals surface area contributed by atoms with Crippen molar-refractivity contribution in [1.82, 2.24) is 5.32 Å². The fraction of sp³-hybridized carbons (Fsp3) is 0.600. The minimum atomic E-state index is -0.271. The molecule has 0 aliphatic heterocycles. The minimum absolute atomic E-state index is 0.00989. The molecule has 114 valence electrons. The fourth-order valence-electron chi connectivity index (χ4n) is 1.94. The Labute approximate surface area is 120 Å². The lowest BCUT2D eigenvalue weighted by Crippen LogP contribution is -2.33. The first-order chi connectivity index (χ1) is 9.62. The summed E-state index contributed by atoms with van der Waals surface area (Å²) in [6, 6.07) is 5.28. The third-order valence-electron chi connectivity index (χ3n) is 3.00. The molecule has 0 saturated carbocycles. The second-order valence-electron chi connectivity index (χ2n) is 4.39. The first kappa shape index (κ1) is 16.8. The van der Waals surface area contributed by atoms with E-state index in [2.05, 4.69) is 5.32 Å². The monoisotopic (exact) mass is 283 g/mol. The first-order valence-electron chi connectivity index (χ1n) is 6.95. The van der Waals surface area contributed by atoms with Crippen LogP contribution in [0.3, 0.4) is 0 Å². The van der Waals surface area contributed by atoms with Gasteiger partial charge in [-0.2, -0.15) is 0 Å². The summed E-state index contributed by atoms with van der Waals surface area (Å²) in [5, 5.41) is 13.3. The molecule has 0 amide bonds. The predicted octanol–water partition coefficient (Wildman–Crippen LogP) is 2.45. The topological polar surface area (TPSA) is 60.0 Å². The number of ether oxygens (including phenoxy) is 3. The fourth-order valence-corrected chi connectivity index (χ4v) is 1.94. The van der Waals surface area contributed by atoms with E-state index in [9.17, 15) is 5.11 Å². The van der Waals surface area contributed by atoms with Crippen molar-refractivity contribution in [2.45, 2.75) is 33.1 Å². The van der Waals surface area contributed by atoms with Gasteiger partial charge in [-0.05, 0) is 26.8 Å². The zero-order valence-corrected chi connectivity index (χ0v) is 12.7. The van der Waals surface area contributed by atoms with Crippen LogP contribution in [0.25, 0.3) is 0 Å². The number of benzene rings is 1. The number of rotatable bonds is 9. The van der Waals surface area contributed by atoms with Gasteiger partial charge in [0.25, 0.3) is 0 Å². The van der Waals surface area contributed by atoms with Gasteiger partial charge in [-0.15, -0.1) is 0 Å². The van der Waals surface area contributed by atoms with Gasteiger partial charge in [0.1, 0.15) is 11.5 Å². The lowest BCUT2D eigenvalue weighted by atomic mass is 10.1. The van der Waals surface area contributed by atoms with Crippen LogP contribution in [0.5, 0.6) is 11.5 Å². The van der Waals surface area contributed by atoms with Gasteiger partial charge in [-0.25, -0.2) is 0 Å². The molecule has 0 spiro atoms. The van der Waals surface area contributed by atoms with E-state index in [1.165, 1.54) is 0 Å². The minimum Gasteiger partial charge on any atom is -0.507 e. The first-order valence-corrected chi connectivity index (χ1v) is 6.95. The van der Waals surface area contributed by atoms with Crippen LogP contribution in [0, 0.1) is 0 Å². The number of phenolic OH excluding ortho intramolecular Hbond substituents is 1. The lowest BCUT2D eigenvalue weighted by molar-refractivity contribution is -0.133. The van der Waals surface area contributed by atoms with Crippen LogP contribution < -0.4 is 10.1 Å².